The first-order valence-electron chi connectivity index (χ1n) is 7.90. The molecule has 0 N–H and O–H groups in total. The molecule has 132 valence electrons. The Morgan fingerprint density at radius 3 is 2.84 bits per heavy atom. The molecule has 1 aliphatic heterocycles. The largest absolute Gasteiger partial charge is 0.374 e. The number of hydrogen-bond donors (Lipinski definition) is 0. The normalized spacial score (nSPS) is 19.0. The van der Waals surface area contributed by atoms with Crippen molar-refractivity contribution in [2.45, 2.75) is 19.6 Å². The number of ether oxygens (including phenoxy) is 1. The summed E-state index contributed by atoms with van der Waals surface area (Å²) in [6, 6.07) is 7.47. The SMILES string of the molecule is Cc1c(C=O)ccc2c1cc(C#N)n2CC1CN(S(C)(=O)=O)CCO1. The van der Waals surface area contributed by atoms with Gasteiger partial charge in [0, 0.05) is 29.6 Å². The summed E-state index contributed by atoms with van der Waals surface area (Å²) in [7, 11) is -3.27. The molecule has 0 spiro atoms. The molecule has 1 fully saturated rings. The standard InChI is InChI=1S/C17H19N3O4S/c1-12-13(11-21)3-4-17-16(12)7-14(8-18)20(17)10-15-9-19(5-6-24-15)25(2,22)23/h3-4,7,11,15H,5-6,9-10H2,1-2H3. The highest BCUT2D eigenvalue weighted by atomic mass is 32.2. The van der Waals surface area contributed by atoms with Crippen molar-refractivity contribution in [3.63, 3.8) is 0 Å². The Labute approximate surface area is 146 Å². The predicted octanol–water partition coefficient (Wildman–Crippen LogP) is 1.29. The Morgan fingerprint density at radius 2 is 2.20 bits per heavy atom. The van der Waals surface area contributed by atoms with Crippen molar-refractivity contribution in [2.24, 2.45) is 0 Å². The second-order valence-corrected chi connectivity index (χ2v) is 8.18. The third kappa shape index (κ3) is 3.31. The number of aryl methyl sites for hydroxylation is 1. The van der Waals surface area contributed by atoms with E-state index in [0.717, 1.165) is 22.8 Å². The van der Waals surface area contributed by atoms with Crippen LogP contribution in [0.15, 0.2) is 18.2 Å². The average Bonchev–Trinajstić information content (AvgIpc) is 2.93. The number of aldehydes is 1. The molecule has 2 aromatic rings. The number of hydrogen-bond acceptors (Lipinski definition) is 5. The van der Waals surface area contributed by atoms with E-state index in [9.17, 15) is 18.5 Å². The van der Waals surface area contributed by atoms with E-state index in [-0.39, 0.29) is 12.6 Å². The summed E-state index contributed by atoms with van der Waals surface area (Å²) in [4.78, 5) is 11.1. The number of aromatic nitrogens is 1. The minimum Gasteiger partial charge on any atom is -0.374 e. The zero-order chi connectivity index (χ0) is 18.2. The highest BCUT2D eigenvalue weighted by Gasteiger charge is 2.27. The van der Waals surface area contributed by atoms with Crippen LogP contribution < -0.4 is 0 Å². The summed E-state index contributed by atoms with van der Waals surface area (Å²) in [5.41, 5.74) is 2.71. The summed E-state index contributed by atoms with van der Waals surface area (Å²) in [6.45, 7) is 3.15. The van der Waals surface area contributed by atoms with Gasteiger partial charge in [-0.15, -0.1) is 0 Å². The number of rotatable bonds is 4. The summed E-state index contributed by atoms with van der Waals surface area (Å²) in [5, 5.41) is 10.3. The van der Waals surface area contributed by atoms with Gasteiger partial charge in [-0.1, -0.05) is 0 Å². The van der Waals surface area contributed by atoms with Crippen LogP contribution in [0.4, 0.5) is 0 Å². The number of sulfonamides is 1. The van der Waals surface area contributed by atoms with Crippen molar-refractivity contribution in [1.29, 1.82) is 5.26 Å². The van der Waals surface area contributed by atoms with Crippen LogP contribution in [0.5, 0.6) is 0 Å². The van der Waals surface area contributed by atoms with E-state index in [4.69, 9.17) is 4.74 Å². The first-order chi connectivity index (χ1) is 11.8. The zero-order valence-corrected chi connectivity index (χ0v) is 14.9. The molecule has 7 nitrogen and oxygen atoms in total. The fraction of sp³-hybridized carbons (Fsp3) is 0.412. The maximum atomic E-state index is 11.8. The van der Waals surface area contributed by atoms with E-state index in [0.29, 0.717) is 31.0 Å². The van der Waals surface area contributed by atoms with Gasteiger partial charge in [-0.25, -0.2) is 8.42 Å². The van der Waals surface area contributed by atoms with Crippen molar-refractivity contribution in [1.82, 2.24) is 8.87 Å². The molecule has 1 atom stereocenters. The van der Waals surface area contributed by atoms with Gasteiger partial charge in [0.05, 0.1) is 25.5 Å². The molecule has 0 bridgehead atoms. The number of benzene rings is 1. The van der Waals surface area contributed by atoms with Crippen molar-refractivity contribution in [2.75, 3.05) is 26.0 Å². The van der Waals surface area contributed by atoms with Crippen molar-refractivity contribution >= 4 is 27.2 Å². The highest BCUT2D eigenvalue weighted by molar-refractivity contribution is 7.88. The van der Waals surface area contributed by atoms with Crippen LogP contribution in [-0.2, 0) is 21.3 Å². The van der Waals surface area contributed by atoms with Crippen LogP contribution in [0, 0.1) is 18.3 Å². The molecule has 8 heteroatoms. The van der Waals surface area contributed by atoms with Crippen LogP contribution in [0.25, 0.3) is 10.9 Å². The molecular formula is C17H19N3O4S. The molecular weight excluding hydrogens is 342 g/mol. The van der Waals surface area contributed by atoms with Gasteiger partial charge in [0.25, 0.3) is 0 Å². The number of morpholine rings is 1. The van der Waals surface area contributed by atoms with E-state index >= 15 is 0 Å². The lowest BCUT2D eigenvalue weighted by atomic mass is 10.1. The third-order valence-electron chi connectivity index (χ3n) is 4.59. The highest BCUT2D eigenvalue weighted by Crippen LogP contribution is 2.26. The zero-order valence-electron chi connectivity index (χ0n) is 14.1. The molecule has 3 rings (SSSR count). The van der Waals surface area contributed by atoms with Gasteiger partial charge in [-0.3, -0.25) is 4.79 Å². The van der Waals surface area contributed by atoms with Crippen molar-refractivity contribution in [3.05, 3.63) is 35.0 Å². The lowest BCUT2D eigenvalue weighted by Crippen LogP contribution is -2.46. The van der Waals surface area contributed by atoms with Crippen molar-refractivity contribution < 1.29 is 17.9 Å². The first kappa shape index (κ1) is 17.6. The Morgan fingerprint density at radius 1 is 1.44 bits per heavy atom. The van der Waals surface area contributed by atoms with E-state index in [1.54, 1.807) is 12.1 Å². The molecule has 0 radical (unpaired) electrons. The fourth-order valence-corrected chi connectivity index (χ4v) is 4.06. The molecule has 1 aliphatic rings. The Kier molecular flexibility index (Phi) is 4.64. The van der Waals surface area contributed by atoms with Crippen LogP contribution in [0.1, 0.15) is 21.6 Å². The monoisotopic (exact) mass is 361 g/mol. The Bertz CT molecular complexity index is 972. The number of nitriles is 1. The van der Waals surface area contributed by atoms with Gasteiger partial charge in [0.2, 0.25) is 10.0 Å². The number of carbonyl (C=O) groups excluding carboxylic acids is 1. The quantitative estimate of drug-likeness (QED) is 0.765. The van der Waals surface area contributed by atoms with Crippen LogP contribution in [0.3, 0.4) is 0 Å². The van der Waals surface area contributed by atoms with Gasteiger partial charge in [0.1, 0.15) is 18.0 Å². The van der Waals surface area contributed by atoms with E-state index < -0.39 is 10.0 Å². The van der Waals surface area contributed by atoms with Crippen LogP contribution >= 0.6 is 0 Å². The van der Waals surface area contributed by atoms with E-state index in [2.05, 4.69) is 6.07 Å². The number of carbonyl (C=O) groups is 1. The lowest BCUT2D eigenvalue weighted by Gasteiger charge is -2.31. The maximum Gasteiger partial charge on any atom is 0.211 e. The summed E-state index contributed by atoms with van der Waals surface area (Å²) >= 11 is 0. The molecule has 0 aliphatic carbocycles. The van der Waals surface area contributed by atoms with Crippen molar-refractivity contribution in [3.8, 4) is 6.07 Å². The summed E-state index contributed by atoms with van der Waals surface area (Å²) in [6.07, 6.45) is 1.65. The third-order valence-corrected chi connectivity index (χ3v) is 5.86. The molecule has 0 amide bonds. The Balaban J connectivity index is 1.97. The lowest BCUT2D eigenvalue weighted by molar-refractivity contribution is -0.00948. The minimum absolute atomic E-state index is 0.259. The summed E-state index contributed by atoms with van der Waals surface area (Å²) < 4.78 is 32.5. The molecule has 1 saturated heterocycles. The summed E-state index contributed by atoms with van der Waals surface area (Å²) in [5.74, 6) is 0. The molecule has 0 saturated carbocycles. The first-order valence-corrected chi connectivity index (χ1v) is 9.75. The maximum absolute atomic E-state index is 11.8. The van der Waals surface area contributed by atoms with E-state index in [1.807, 2.05) is 17.6 Å². The average molecular weight is 361 g/mol. The molecule has 1 aromatic heterocycles. The van der Waals surface area contributed by atoms with Gasteiger partial charge < -0.3 is 9.30 Å². The number of fused-ring (bicyclic) bond motifs is 1. The minimum atomic E-state index is -3.27. The van der Waals surface area contributed by atoms with Gasteiger partial charge >= 0.3 is 0 Å². The van der Waals surface area contributed by atoms with Gasteiger partial charge in [-0.2, -0.15) is 9.57 Å². The predicted molar refractivity (Wildman–Crippen MR) is 92.9 cm³/mol. The molecule has 1 aromatic carbocycles. The second kappa shape index (κ2) is 6.59. The Hall–Kier alpha value is -2.21. The molecule has 2 heterocycles. The molecule has 1 unspecified atom stereocenters. The smallest absolute Gasteiger partial charge is 0.211 e. The topological polar surface area (TPSA) is 92.4 Å². The second-order valence-electron chi connectivity index (χ2n) is 6.20. The van der Waals surface area contributed by atoms with Crippen LogP contribution in [0.2, 0.25) is 0 Å². The number of nitrogens with zero attached hydrogens (tertiary/aromatic N) is 3. The van der Waals surface area contributed by atoms with Gasteiger partial charge in [-0.05, 0) is 30.7 Å². The molecule has 25 heavy (non-hydrogen) atoms. The van der Waals surface area contributed by atoms with E-state index in [1.165, 1.54) is 10.6 Å². The fourth-order valence-electron chi connectivity index (χ4n) is 3.22. The van der Waals surface area contributed by atoms with Gasteiger partial charge in [0.15, 0.2) is 0 Å². The van der Waals surface area contributed by atoms with Crippen LogP contribution in [-0.4, -0.2) is 55.6 Å².